The molecule has 0 spiro atoms. The van der Waals surface area contributed by atoms with Crippen molar-refractivity contribution < 1.29 is 4.79 Å². The second-order valence-corrected chi connectivity index (χ2v) is 4.93. The fourth-order valence-electron chi connectivity index (χ4n) is 2.97. The third-order valence-corrected chi connectivity index (χ3v) is 3.95. The summed E-state index contributed by atoms with van der Waals surface area (Å²) in [5.74, 6) is 0.319. The van der Waals surface area contributed by atoms with Gasteiger partial charge in [-0.2, -0.15) is 0 Å². The van der Waals surface area contributed by atoms with Crippen LogP contribution in [0.2, 0.25) is 0 Å². The van der Waals surface area contributed by atoms with Crippen molar-refractivity contribution in [3.63, 3.8) is 0 Å². The molecule has 0 aliphatic carbocycles. The molecule has 3 rings (SSSR count). The van der Waals surface area contributed by atoms with Crippen molar-refractivity contribution >= 4 is 11.9 Å². The first-order valence-electron chi connectivity index (χ1n) is 6.12. The molecule has 0 saturated carbocycles. The van der Waals surface area contributed by atoms with Gasteiger partial charge in [0.05, 0.1) is 0 Å². The van der Waals surface area contributed by atoms with Crippen molar-refractivity contribution in [2.45, 2.75) is 31.3 Å². The molecule has 1 aromatic rings. The number of fused-ring (bicyclic) bond motifs is 2. The van der Waals surface area contributed by atoms with E-state index in [0.717, 1.165) is 24.0 Å². The van der Waals surface area contributed by atoms with Crippen molar-refractivity contribution in [3.05, 3.63) is 35.7 Å². The monoisotopic (exact) mass is 228 g/mol. The molecule has 88 valence electrons. The van der Waals surface area contributed by atoms with Gasteiger partial charge in [-0.3, -0.25) is 14.7 Å². The molecule has 2 saturated heterocycles. The molecule has 0 aromatic carbocycles. The maximum Gasteiger partial charge on any atom is 0.162 e. The molecule has 0 N–H and O–H groups in total. The van der Waals surface area contributed by atoms with Crippen molar-refractivity contribution in [1.82, 2.24) is 9.88 Å². The van der Waals surface area contributed by atoms with E-state index >= 15 is 0 Å². The summed E-state index contributed by atoms with van der Waals surface area (Å²) >= 11 is 0. The summed E-state index contributed by atoms with van der Waals surface area (Å²) in [4.78, 5) is 18.5. The van der Waals surface area contributed by atoms with Crippen LogP contribution < -0.4 is 0 Å². The summed E-state index contributed by atoms with van der Waals surface area (Å²) in [6.45, 7) is 0. The second-order valence-electron chi connectivity index (χ2n) is 4.93. The summed E-state index contributed by atoms with van der Waals surface area (Å²) in [6, 6.07) is 4.69. The normalized spacial score (nSPS) is 31.1. The Morgan fingerprint density at radius 1 is 1.47 bits per heavy atom. The lowest BCUT2D eigenvalue weighted by molar-refractivity contribution is -0.118. The van der Waals surface area contributed by atoms with Crippen LogP contribution in [-0.2, 0) is 4.79 Å². The number of Topliss-reactive ketones (excluding diaryl/α,β-unsaturated/α-hetero) is 1. The molecule has 2 aliphatic heterocycles. The molecule has 3 heteroatoms. The van der Waals surface area contributed by atoms with Crippen LogP contribution in [0.15, 0.2) is 30.1 Å². The Bertz CT molecular complexity index is 466. The fraction of sp³-hybridized carbons (Fsp3) is 0.429. The molecule has 1 aromatic heterocycles. The van der Waals surface area contributed by atoms with E-state index in [1.54, 1.807) is 12.4 Å². The van der Waals surface area contributed by atoms with Crippen LogP contribution in [0.25, 0.3) is 6.08 Å². The highest BCUT2D eigenvalue weighted by Crippen LogP contribution is 2.36. The molecular formula is C14H16N2O. The maximum absolute atomic E-state index is 12.1. The minimum Gasteiger partial charge on any atom is -0.296 e. The fourth-order valence-corrected chi connectivity index (χ4v) is 2.97. The van der Waals surface area contributed by atoms with E-state index in [4.69, 9.17) is 0 Å². The van der Waals surface area contributed by atoms with Crippen LogP contribution in [0, 0.1) is 0 Å². The van der Waals surface area contributed by atoms with Gasteiger partial charge in [-0.15, -0.1) is 0 Å². The third kappa shape index (κ3) is 1.80. The zero-order valence-electron chi connectivity index (χ0n) is 9.97. The average molecular weight is 228 g/mol. The SMILES string of the molecule is CN1C2CCC1/C(=C\c1cccnc1)C(=O)C2. The highest BCUT2D eigenvalue weighted by molar-refractivity contribution is 6.02. The molecule has 2 aliphatic rings. The van der Waals surface area contributed by atoms with Crippen molar-refractivity contribution in [2.75, 3.05) is 7.05 Å². The number of pyridine rings is 1. The highest BCUT2D eigenvalue weighted by Gasteiger charge is 2.41. The summed E-state index contributed by atoms with van der Waals surface area (Å²) in [5, 5.41) is 0. The van der Waals surface area contributed by atoms with Gasteiger partial charge < -0.3 is 0 Å². The summed E-state index contributed by atoms with van der Waals surface area (Å²) in [5.41, 5.74) is 1.99. The predicted octanol–water partition coefficient (Wildman–Crippen LogP) is 1.90. The average Bonchev–Trinajstić information content (AvgIpc) is 2.59. The first-order chi connectivity index (χ1) is 8.25. The number of hydrogen-bond acceptors (Lipinski definition) is 3. The molecule has 2 atom stereocenters. The van der Waals surface area contributed by atoms with Gasteiger partial charge in [0.1, 0.15) is 0 Å². The van der Waals surface area contributed by atoms with Gasteiger partial charge in [-0.1, -0.05) is 6.07 Å². The Labute approximate surface area is 101 Å². The highest BCUT2D eigenvalue weighted by atomic mass is 16.1. The number of rotatable bonds is 1. The van der Waals surface area contributed by atoms with Crippen molar-refractivity contribution in [2.24, 2.45) is 0 Å². The van der Waals surface area contributed by atoms with Gasteiger partial charge in [0.25, 0.3) is 0 Å². The maximum atomic E-state index is 12.1. The van der Waals surface area contributed by atoms with E-state index in [9.17, 15) is 4.79 Å². The number of nitrogens with zero attached hydrogens (tertiary/aromatic N) is 2. The zero-order valence-corrected chi connectivity index (χ0v) is 9.97. The summed E-state index contributed by atoms with van der Waals surface area (Å²) in [6.07, 6.45) is 8.51. The number of likely N-dealkylation sites (N-methyl/N-ethyl adjacent to an activating group) is 1. The summed E-state index contributed by atoms with van der Waals surface area (Å²) in [7, 11) is 2.13. The standard InChI is InChI=1S/C14H16N2O/c1-16-11-4-5-13(16)12(14(17)8-11)7-10-3-2-6-15-9-10/h2-3,6-7,9,11,13H,4-5,8H2,1H3/b12-7+. The minimum absolute atomic E-state index is 0.319. The minimum atomic E-state index is 0.319. The largest absolute Gasteiger partial charge is 0.296 e. The van der Waals surface area contributed by atoms with E-state index in [2.05, 4.69) is 16.9 Å². The summed E-state index contributed by atoms with van der Waals surface area (Å²) < 4.78 is 0. The van der Waals surface area contributed by atoms with Gasteiger partial charge in [-0.05, 0) is 37.6 Å². The zero-order chi connectivity index (χ0) is 11.8. The molecule has 2 bridgehead atoms. The van der Waals surface area contributed by atoms with Crippen LogP contribution in [0.5, 0.6) is 0 Å². The Morgan fingerprint density at radius 2 is 2.35 bits per heavy atom. The Balaban J connectivity index is 1.96. The predicted molar refractivity (Wildman–Crippen MR) is 66.4 cm³/mol. The van der Waals surface area contributed by atoms with Crippen LogP contribution in [-0.4, -0.2) is 34.8 Å². The van der Waals surface area contributed by atoms with Crippen LogP contribution in [0.1, 0.15) is 24.8 Å². The van der Waals surface area contributed by atoms with Crippen LogP contribution in [0.3, 0.4) is 0 Å². The van der Waals surface area contributed by atoms with Crippen molar-refractivity contribution in [1.29, 1.82) is 0 Å². The van der Waals surface area contributed by atoms with Gasteiger partial charge in [0.15, 0.2) is 5.78 Å². The van der Waals surface area contributed by atoms with Crippen molar-refractivity contribution in [3.8, 4) is 0 Å². The number of carbonyl (C=O) groups is 1. The van der Waals surface area contributed by atoms with Crippen LogP contribution >= 0.6 is 0 Å². The molecule has 3 heterocycles. The van der Waals surface area contributed by atoms with Gasteiger partial charge in [0.2, 0.25) is 0 Å². The lowest BCUT2D eigenvalue weighted by Crippen LogP contribution is -2.41. The second kappa shape index (κ2) is 4.08. The Hall–Kier alpha value is -1.48. The number of carbonyl (C=O) groups excluding carboxylic acids is 1. The van der Waals surface area contributed by atoms with E-state index in [1.165, 1.54) is 0 Å². The Kier molecular flexibility index (Phi) is 2.56. The Morgan fingerprint density at radius 3 is 3.12 bits per heavy atom. The molecule has 0 radical (unpaired) electrons. The van der Waals surface area contributed by atoms with Gasteiger partial charge >= 0.3 is 0 Å². The smallest absolute Gasteiger partial charge is 0.162 e. The lowest BCUT2D eigenvalue weighted by atomic mass is 9.94. The third-order valence-electron chi connectivity index (χ3n) is 3.95. The molecular weight excluding hydrogens is 212 g/mol. The van der Waals surface area contributed by atoms with E-state index in [0.29, 0.717) is 24.3 Å². The number of piperidine rings is 1. The van der Waals surface area contributed by atoms with Crippen LogP contribution in [0.4, 0.5) is 0 Å². The first kappa shape index (κ1) is 10.7. The molecule has 0 amide bonds. The van der Waals surface area contributed by atoms with Gasteiger partial charge in [-0.25, -0.2) is 0 Å². The van der Waals surface area contributed by atoms with Gasteiger partial charge in [0, 0.05) is 36.5 Å². The molecule has 17 heavy (non-hydrogen) atoms. The molecule has 2 fully saturated rings. The number of hydrogen-bond donors (Lipinski definition) is 0. The van der Waals surface area contributed by atoms with E-state index in [1.807, 2.05) is 18.2 Å². The number of aromatic nitrogens is 1. The lowest BCUT2D eigenvalue weighted by Gasteiger charge is -2.32. The molecule has 3 nitrogen and oxygen atoms in total. The first-order valence-corrected chi connectivity index (χ1v) is 6.12. The topological polar surface area (TPSA) is 33.2 Å². The van der Waals surface area contributed by atoms with E-state index in [-0.39, 0.29) is 0 Å². The quantitative estimate of drug-likeness (QED) is 0.688. The number of ketones is 1. The molecule has 2 unspecified atom stereocenters. The van der Waals surface area contributed by atoms with E-state index < -0.39 is 0 Å².